The summed E-state index contributed by atoms with van der Waals surface area (Å²) in [6.45, 7) is 6.44. The van der Waals surface area contributed by atoms with E-state index in [0.29, 0.717) is 53.6 Å². The minimum absolute atomic E-state index is 0.0740. The molecule has 2 aromatic rings. The van der Waals surface area contributed by atoms with Gasteiger partial charge >= 0.3 is 0 Å². The summed E-state index contributed by atoms with van der Waals surface area (Å²) in [6.07, 6.45) is 1.81. The van der Waals surface area contributed by atoms with Gasteiger partial charge in [0.05, 0.1) is 30.8 Å². The zero-order valence-corrected chi connectivity index (χ0v) is 21.4. The number of rotatable bonds is 8. The van der Waals surface area contributed by atoms with Crippen LogP contribution in [0.2, 0.25) is 0 Å². The summed E-state index contributed by atoms with van der Waals surface area (Å²) in [4.78, 5) is 29.6. The molecule has 0 N–H and O–H groups in total. The Balaban J connectivity index is 1.48. The van der Waals surface area contributed by atoms with E-state index < -0.39 is 0 Å². The van der Waals surface area contributed by atoms with Gasteiger partial charge in [0.15, 0.2) is 18.1 Å². The summed E-state index contributed by atoms with van der Waals surface area (Å²) in [7, 11) is 0. The van der Waals surface area contributed by atoms with Crippen molar-refractivity contribution >= 4 is 46.2 Å². The Morgan fingerprint density at radius 1 is 1.14 bits per heavy atom. The van der Waals surface area contributed by atoms with Crippen molar-refractivity contribution in [1.82, 2.24) is 9.80 Å². The first-order valence-corrected chi connectivity index (χ1v) is 12.8. The van der Waals surface area contributed by atoms with Gasteiger partial charge in [0.25, 0.3) is 11.8 Å². The van der Waals surface area contributed by atoms with E-state index in [2.05, 4.69) is 0 Å². The molecule has 35 heavy (non-hydrogen) atoms. The average Bonchev–Trinajstić information content (AvgIpc) is 3.16. The number of hydrogen-bond acceptors (Lipinski definition) is 7. The number of morpholine rings is 1. The van der Waals surface area contributed by atoms with E-state index in [0.717, 1.165) is 11.1 Å². The molecule has 2 fully saturated rings. The van der Waals surface area contributed by atoms with E-state index in [-0.39, 0.29) is 24.5 Å². The van der Waals surface area contributed by atoms with Gasteiger partial charge in [0, 0.05) is 13.1 Å². The van der Waals surface area contributed by atoms with Crippen molar-refractivity contribution in [3.05, 3.63) is 64.6 Å². The van der Waals surface area contributed by atoms with E-state index in [1.54, 1.807) is 15.9 Å². The number of carbonyl (C=O) groups is 2. The molecule has 0 aliphatic carbocycles. The highest BCUT2D eigenvalue weighted by molar-refractivity contribution is 8.26. The Bertz CT molecular complexity index is 1120. The van der Waals surface area contributed by atoms with Gasteiger partial charge in [0.1, 0.15) is 4.32 Å². The second kappa shape index (κ2) is 11.7. The Labute approximate surface area is 215 Å². The Morgan fingerprint density at radius 2 is 1.89 bits per heavy atom. The molecule has 1 atom stereocenters. The maximum Gasteiger partial charge on any atom is 0.266 e. The van der Waals surface area contributed by atoms with Crippen LogP contribution in [-0.2, 0) is 14.3 Å². The molecule has 4 rings (SSSR count). The van der Waals surface area contributed by atoms with Crippen LogP contribution in [0, 0.1) is 0 Å². The molecule has 0 saturated carbocycles. The van der Waals surface area contributed by atoms with Gasteiger partial charge in [-0.05, 0) is 43.2 Å². The van der Waals surface area contributed by atoms with Crippen LogP contribution in [-0.4, -0.2) is 65.5 Å². The summed E-state index contributed by atoms with van der Waals surface area (Å²) in [5, 5.41) is 0. The van der Waals surface area contributed by atoms with Crippen molar-refractivity contribution < 1.29 is 23.8 Å². The minimum atomic E-state index is -0.159. The molecule has 2 aliphatic rings. The Morgan fingerprint density at radius 3 is 2.60 bits per heavy atom. The summed E-state index contributed by atoms with van der Waals surface area (Å²) >= 11 is 6.82. The first-order chi connectivity index (χ1) is 17.0. The molecule has 2 aromatic carbocycles. The lowest BCUT2D eigenvalue weighted by Gasteiger charge is -2.26. The topological polar surface area (TPSA) is 68.3 Å². The highest BCUT2D eigenvalue weighted by atomic mass is 32.2. The summed E-state index contributed by atoms with van der Waals surface area (Å²) < 4.78 is 17.4. The first-order valence-electron chi connectivity index (χ1n) is 11.5. The smallest absolute Gasteiger partial charge is 0.266 e. The van der Waals surface area contributed by atoms with Crippen LogP contribution >= 0.6 is 24.0 Å². The summed E-state index contributed by atoms with van der Waals surface area (Å²) in [5.41, 5.74) is 1.81. The maximum absolute atomic E-state index is 13.2. The van der Waals surface area contributed by atoms with Gasteiger partial charge in [0.2, 0.25) is 0 Å². The number of thioether (sulfide) groups is 1. The molecule has 0 spiro atoms. The van der Waals surface area contributed by atoms with Gasteiger partial charge in [-0.25, -0.2) is 0 Å². The minimum Gasteiger partial charge on any atom is -0.490 e. The number of hydrogen-bond donors (Lipinski definition) is 0. The molecule has 2 saturated heterocycles. The van der Waals surface area contributed by atoms with E-state index >= 15 is 0 Å². The lowest BCUT2D eigenvalue weighted by molar-refractivity contribution is -0.137. The number of ether oxygens (including phenoxy) is 3. The zero-order valence-electron chi connectivity index (χ0n) is 19.8. The van der Waals surface area contributed by atoms with E-state index in [9.17, 15) is 9.59 Å². The first kappa shape index (κ1) is 25.2. The molecular formula is C26H28N2O5S2. The molecule has 0 radical (unpaired) electrons. The number of thiocarbonyl (C=S) groups is 1. The number of amides is 2. The zero-order chi connectivity index (χ0) is 24.8. The monoisotopic (exact) mass is 512 g/mol. The van der Waals surface area contributed by atoms with Crippen molar-refractivity contribution in [3.63, 3.8) is 0 Å². The predicted octanol–water partition coefficient (Wildman–Crippen LogP) is 4.29. The van der Waals surface area contributed by atoms with Gasteiger partial charge < -0.3 is 19.1 Å². The van der Waals surface area contributed by atoms with E-state index in [1.165, 1.54) is 11.8 Å². The molecular weight excluding hydrogens is 484 g/mol. The molecule has 0 aromatic heterocycles. The highest BCUT2D eigenvalue weighted by Crippen LogP contribution is 2.39. The van der Waals surface area contributed by atoms with Crippen LogP contribution in [0.15, 0.2) is 53.4 Å². The summed E-state index contributed by atoms with van der Waals surface area (Å²) in [5.74, 6) is 0.793. The molecule has 9 heteroatoms. The third kappa shape index (κ3) is 6.04. The van der Waals surface area contributed by atoms with Gasteiger partial charge in [-0.3, -0.25) is 14.5 Å². The molecule has 2 amide bonds. The maximum atomic E-state index is 13.2. The van der Waals surface area contributed by atoms with Gasteiger partial charge in [-0.1, -0.05) is 60.4 Å². The van der Waals surface area contributed by atoms with Gasteiger partial charge in [-0.2, -0.15) is 0 Å². The van der Waals surface area contributed by atoms with E-state index in [4.69, 9.17) is 26.4 Å². The van der Waals surface area contributed by atoms with Crippen molar-refractivity contribution in [1.29, 1.82) is 0 Å². The Kier molecular flexibility index (Phi) is 8.43. The standard InChI is InChI=1S/C26H28N2O5S2/c1-3-32-22-15-19(9-10-21(22)33-17-24(29)27-11-13-31-14-12-27)16-23-25(30)28(26(34)35-23)18(2)20-7-5-4-6-8-20/h4-10,15-16,18H,3,11-14,17H2,1-2H3/b23-16-/t18-/m1/s1. The van der Waals surface area contributed by atoms with Crippen LogP contribution in [0.5, 0.6) is 11.5 Å². The average molecular weight is 513 g/mol. The molecule has 7 nitrogen and oxygen atoms in total. The fourth-order valence-electron chi connectivity index (χ4n) is 3.89. The Hall–Kier alpha value is -2.88. The molecule has 2 aliphatic heterocycles. The highest BCUT2D eigenvalue weighted by Gasteiger charge is 2.36. The third-order valence-corrected chi connectivity index (χ3v) is 7.10. The second-order valence-corrected chi connectivity index (χ2v) is 9.74. The van der Waals surface area contributed by atoms with Crippen LogP contribution in [0.1, 0.15) is 31.0 Å². The van der Waals surface area contributed by atoms with Crippen molar-refractivity contribution in [3.8, 4) is 11.5 Å². The fourth-order valence-corrected chi connectivity index (χ4v) is 5.31. The lowest BCUT2D eigenvalue weighted by atomic mass is 10.1. The predicted molar refractivity (Wildman–Crippen MR) is 140 cm³/mol. The van der Waals surface area contributed by atoms with Crippen LogP contribution in [0.4, 0.5) is 0 Å². The van der Waals surface area contributed by atoms with Gasteiger partial charge in [-0.15, -0.1) is 0 Å². The van der Waals surface area contributed by atoms with E-state index in [1.807, 2.05) is 62.4 Å². The second-order valence-electron chi connectivity index (χ2n) is 8.06. The fraction of sp³-hybridized carbons (Fsp3) is 0.346. The van der Waals surface area contributed by atoms with Crippen molar-refractivity contribution in [2.45, 2.75) is 19.9 Å². The molecule has 184 valence electrons. The number of nitrogens with zero attached hydrogens (tertiary/aromatic N) is 2. The van der Waals surface area contributed by atoms with Crippen molar-refractivity contribution in [2.75, 3.05) is 39.5 Å². The largest absolute Gasteiger partial charge is 0.490 e. The number of carbonyl (C=O) groups excluding carboxylic acids is 2. The normalized spacial score (nSPS) is 18.2. The lowest BCUT2D eigenvalue weighted by Crippen LogP contribution is -2.43. The van der Waals surface area contributed by atoms with Crippen LogP contribution in [0.25, 0.3) is 6.08 Å². The van der Waals surface area contributed by atoms with Crippen LogP contribution in [0.3, 0.4) is 0 Å². The number of benzene rings is 2. The van der Waals surface area contributed by atoms with Crippen LogP contribution < -0.4 is 9.47 Å². The molecule has 2 heterocycles. The van der Waals surface area contributed by atoms with Crippen molar-refractivity contribution in [2.24, 2.45) is 0 Å². The molecule has 0 unspecified atom stereocenters. The SMILES string of the molecule is CCOc1cc(/C=C2\SC(=S)N([C@H](C)c3ccccc3)C2=O)ccc1OCC(=O)N1CCOCC1. The molecule has 0 bridgehead atoms. The third-order valence-electron chi connectivity index (χ3n) is 5.77. The summed E-state index contributed by atoms with van der Waals surface area (Å²) in [6, 6.07) is 15.1. The quantitative estimate of drug-likeness (QED) is 0.386.